The van der Waals surface area contributed by atoms with Gasteiger partial charge in [0.15, 0.2) is 0 Å². The second-order valence-corrected chi connectivity index (χ2v) is 9.39. The van der Waals surface area contributed by atoms with Crippen molar-refractivity contribution < 1.29 is 14.7 Å². The summed E-state index contributed by atoms with van der Waals surface area (Å²) in [6.07, 6.45) is 5.95. The minimum absolute atomic E-state index is 0.127. The van der Waals surface area contributed by atoms with E-state index in [4.69, 9.17) is 0 Å². The highest BCUT2D eigenvalue weighted by molar-refractivity contribution is 9.10. The molecular formula is C26H26BrN3O3. The zero-order valence-corrected chi connectivity index (χ0v) is 20.2. The van der Waals surface area contributed by atoms with Crippen molar-refractivity contribution in [3.8, 4) is 0 Å². The smallest absolute Gasteiger partial charge is 0.295 e. The van der Waals surface area contributed by atoms with Crippen molar-refractivity contribution in [2.24, 2.45) is 0 Å². The number of carbonyl (C=O) groups excluding carboxylic acids is 2. The lowest BCUT2D eigenvalue weighted by molar-refractivity contribution is -0.139. The van der Waals surface area contributed by atoms with Gasteiger partial charge in [-0.3, -0.25) is 9.59 Å². The highest BCUT2D eigenvalue weighted by Crippen LogP contribution is 2.40. The molecule has 0 aliphatic carbocycles. The summed E-state index contributed by atoms with van der Waals surface area (Å²) in [7, 11) is 0. The molecule has 170 valence electrons. The van der Waals surface area contributed by atoms with Crippen molar-refractivity contribution in [1.82, 2.24) is 14.5 Å². The summed E-state index contributed by atoms with van der Waals surface area (Å²) in [5, 5.41) is 11.1. The predicted molar refractivity (Wildman–Crippen MR) is 131 cm³/mol. The zero-order valence-electron chi connectivity index (χ0n) is 18.6. The lowest BCUT2D eigenvalue weighted by Crippen LogP contribution is -2.31. The lowest BCUT2D eigenvalue weighted by atomic mass is 9.93. The predicted octanol–water partition coefficient (Wildman–Crippen LogP) is 5.28. The number of carbonyl (C=O) groups is 2. The minimum Gasteiger partial charge on any atom is -0.507 e. The van der Waals surface area contributed by atoms with Gasteiger partial charge in [0.2, 0.25) is 0 Å². The fourth-order valence-electron chi connectivity index (χ4n) is 4.13. The molecule has 4 rings (SSSR count). The Morgan fingerprint density at radius 3 is 2.36 bits per heavy atom. The SMILES string of the molecule is CC(C)c1ccc([C@@H]2/C(=C(\O)c3ccc(Br)cc3)C(=O)C(=O)N2CCCn2ccnc2)cc1. The molecule has 6 nitrogen and oxygen atoms in total. The molecule has 1 saturated heterocycles. The molecule has 1 fully saturated rings. The van der Waals surface area contributed by atoms with Crippen molar-refractivity contribution in [3.05, 3.63) is 94.0 Å². The third-order valence-electron chi connectivity index (χ3n) is 5.95. The molecule has 0 saturated carbocycles. The Hall–Kier alpha value is -3.19. The number of aliphatic hydroxyl groups excluding tert-OH is 1. The van der Waals surface area contributed by atoms with Gasteiger partial charge < -0.3 is 14.6 Å². The Morgan fingerprint density at radius 1 is 1.06 bits per heavy atom. The number of rotatable bonds is 7. The van der Waals surface area contributed by atoms with Gasteiger partial charge in [-0.05, 0) is 35.6 Å². The van der Waals surface area contributed by atoms with Crippen LogP contribution in [0.15, 0.2) is 77.3 Å². The Morgan fingerprint density at radius 2 is 1.76 bits per heavy atom. The number of hydrogen-bond donors (Lipinski definition) is 1. The van der Waals surface area contributed by atoms with E-state index in [0.29, 0.717) is 31.0 Å². The Balaban J connectivity index is 1.73. The van der Waals surface area contributed by atoms with E-state index in [1.807, 2.05) is 35.0 Å². The van der Waals surface area contributed by atoms with Gasteiger partial charge in [0.25, 0.3) is 11.7 Å². The Bertz CT molecular complexity index is 1170. The van der Waals surface area contributed by atoms with Crippen LogP contribution in [0, 0.1) is 0 Å². The quantitative estimate of drug-likeness (QED) is 0.268. The third-order valence-corrected chi connectivity index (χ3v) is 6.48. The van der Waals surface area contributed by atoms with Crippen LogP contribution < -0.4 is 0 Å². The minimum atomic E-state index is -0.656. The van der Waals surface area contributed by atoms with Gasteiger partial charge in [-0.25, -0.2) is 4.98 Å². The molecular weight excluding hydrogens is 482 g/mol. The maximum Gasteiger partial charge on any atom is 0.295 e. The molecule has 1 amide bonds. The molecule has 1 aromatic heterocycles. The summed E-state index contributed by atoms with van der Waals surface area (Å²) in [6, 6.07) is 14.3. The number of aliphatic hydroxyl groups is 1. The van der Waals surface area contributed by atoms with E-state index in [0.717, 1.165) is 10.0 Å². The topological polar surface area (TPSA) is 75.4 Å². The molecule has 3 aromatic rings. The Labute approximate surface area is 201 Å². The van der Waals surface area contributed by atoms with Gasteiger partial charge in [0.05, 0.1) is 17.9 Å². The summed E-state index contributed by atoms with van der Waals surface area (Å²) < 4.78 is 2.80. The number of imidazole rings is 1. The number of nitrogens with zero attached hydrogens (tertiary/aromatic N) is 3. The van der Waals surface area contributed by atoms with Crippen molar-refractivity contribution in [2.75, 3.05) is 6.54 Å². The lowest BCUT2D eigenvalue weighted by Gasteiger charge is -2.25. The van der Waals surface area contributed by atoms with E-state index in [2.05, 4.69) is 34.8 Å². The average Bonchev–Trinajstić information content (AvgIpc) is 3.41. The number of hydrogen-bond acceptors (Lipinski definition) is 4. The van der Waals surface area contributed by atoms with Crippen LogP contribution >= 0.6 is 15.9 Å². The molecule has 1 aliphatic heterocycles. The van der Waals surface area contributed by atoms with Crippen molar-refractivity contribution >= 4 is 33.4 Å². The molecule has 1 aliphatic rings. The van der Waals surface area contributed by atoms with Crippen LogP contribution in [0.25, 0.3) is 5.76 Å². The van der Waals surface area contributed by atoms with Crippen LogP contribution in [0.1, 0.15) is 48.9 Å². The molecule has 1 atom stereocenters. The van der Waals surface area contributed by atoms with Gasteiger partial charge in [-0.1, -0.05) is 66.2 Å². The van der Waals surface area contributed by atoms with E-state index in [-0.39, 0.29) is 11.3 Å². The van der Waals surface area contributed by atoms with Gasteiger partial charge >= 0.3 is 0 Å². The first-order chi connectivity index (χ1) is 15.9. The zero-order chi connectivity index (χ0) is 23.5. The van der Waals surface area contributed by atoms with Crippen LogP contribution in [0.5, 0.6) is 0 Å². The number of aryl methyl sites for hydroxylation is 1. The molecule has 1 N–H and O–H groups in total. The molecule has 0 unspecified atom stereocenters. The Kier molecular flexibility index (Phi) is 6.79. The van der Waals surface area contributed by atoms with Crippen LogP contribution in [0.3, 0.4) is 0 Å². The number of aromatic nitrogens is 2. The van der Waals surface area contributed by atoms with Crippen LogP contribution in [0.2, 0.25) is 0 Å². The first-order valence-electron chi connectivity index (χ1n) is 11.0. The summed E-state index contributed by atoms with van der Waals surface area (Å²) in [4.78, 5) is 31.8. The first kappa shape index (κ1) is 23.0. The molecule has 0 bridgehead atoms. The normalized spacial score (nSPS) is 17.8. The van der Waals surface area contributed by atoms with Crippen LogP contribution in [-0.2, 0) is 16.1 Å². The van der Waals surface area contributed by atoms with Crippen molar-refractivity contribution in [2.45, 2.75) is 38.8 Å². The first-order valence-corrected chi connectivity index (χ1v) is 11.8. The maximum absolute atomic E-state index is 13.1. The van der Waals surface area contributed by atoms with Gasteiger partial charge in [-0.15, -0.1) is 0 Å². The fourth-order valence-corrected chi connectivity index (χ4v) is 4.39. The number of Topliss-reactive ketones (excluding diaryl/α,β-unsaturated/α-hetero) is 1. The molecule has 0 radical (unpaired) electrons. The third kappa shape index (κ3) is 4.78. The number of ketones is 1. The molecule has 7 heteroatoms. The monoisotopic (exact) mass is 507 g/mol. The van der Waals surface area contributed by atoms with Crippen LogP contribution in [-0.4, -0.2) is 37.8 Å². The number of likely N-dealkylation sites (tertiary alicyclic amines) is 1. The second kappa shape index (κ2) is 9.75. The summed E-state index contributed by atoms with van der Waals surface area (Å²) >= 11 is 3.39. The molecule has 2 aromatic carbocycles. The van der Waals surface area contributed by atoms with E-state index in [1.165, 1.54) is 5.56 Å². The standard InChI is InChI=1S/C26H26BrN3O3/c1-17(2)18-4-6-19(7-5-18)23-22(24(31)20-8-10-21(27)11-9-20)25(32)26(33)30(23)14-3-13-29-15-12-28-16-29/h4-12,15-17,23,31H,3,13-14H2,1-2H3/b24-22+/t23-/m1/s1. The summed E-state index contributed by atoms with van der Waals surface area (Å²) in [5.41, 5.74) is 2.60. The molecule has 33 heavy (non-hydrogen) atoms. The van der Waals surface area contributed by atoms with Crippen LogP contribution in [0.4, 0.5) is 0 Å². The van der Waals surface area contributed by atoms with Crippen molar-refractivity contribution in [1.29, 1.82) is 0 Å². The second-order valence-electron chi connectivity index (χ2n) is 8.47. The maximum atomic E-state index is 13.1. The average molecular weight is 508 g/mol. The fraction of sp³-hybridized carbons (Fsp3) is 0.269. The van der Waals surface area contributed by atoms with E-state index >= 15 is 0 Å². The highest BCUT2D eigenvalue weighted by atomic mass is 79.9. The highest BCUT2D eigenvalue weighted by Gasteiger charge is 2.45. The van der Waals surface area contributed by atoms with Gasteiger partial charge in [0, 0.05) is 35.5 Å². The van der Waals surface area contributed by atoms with Gasteiger partial charge in [0.1, 0.15) is 5.76 Å². The summed E-state index contributed by atoms with van der Waals surface area (Å²) in [5.74, 6) is -1.03. The molecule has 2 heterocycles. The van der Waals surface area contributed by atoms with E-state index in [9.17, 15) is 14.7 Å². The summed E-state index contributed by atoms with van der Waals surface area (Å²) in [6.45, 7) is 5.29. The largest absolute Gasteiger partial charge is 0.507 e. The van der Waals surface area contributed by atoms with Gasteiger partial charge in [-0.2, -0.15) is 0 Å². The van der Waals surface area contributed by atoms with E-state index < -0.39 is 17.7 Å². The molecule has 0 spiro atoms. The van der Waals surface area contributed by atoms with Crippen molar-refractivity contribution in [3.63, 3.8) is 0 Å². The number of benzene rings is 2. The number of amides is 1. The van der Waals surface area contributed by atoms with E-state index in [1.54, 1.807) is 41.7 Å². The number of halogens is 1.